The van der Waals surface area contributed by atoms with Gasteiger partial charge in [0.2, 0.25) is 0 Å². The molecule has 0 aromatic heterocycles. The van der Waals surface area contributed by atoms with Crippen molar-refractivity contribution >= 4 is 8.58 Å². The minimum Gasteiger partial charge on any atom is -0.392 e. The van der Waals surface area contributed by atoms with E-state index in [4.69, 9.17) is 0 Å². The zero-order valence-electron chi connectivity index (χ0n) is 7.22. The van der Waals surface area contributed by atoms with Gasteiger partial charge in [-0.3, -0.25) is 0 Å². The molecule has 2 heterocycles. The largest absolute Gasteiger partial charge is 0.392 e. The molecule has 4 heteroatoms. The average Bonchev–Trinajstić information content (AvgIpc) is 2.10. The fourth-order valence-corrected chi connectivity index (χ4v) is 5.13. The second-order valence-corrected chi connectivity index (χ2v) is 6.14. The van der Waals surface area contributed by atoms with Crippen LogP contribution in [0.3, 0.4) is 0 Å². The van der Waals surface area contributed by atoms with Gasteiger partial charge in [0, 0.05) is 23.2 Å². The van der Waals surface area contributed by atoms with Crippen molar-refractivity contribution in [2.45, 2.75) is 36.8 Å². The maximum Gasteiger partial charge on any atom is 0.0696 e. The second kappa shape index (κ2) is 2.66. The molecule has 2 aliphatic heterocycles. The third-order valence-electron chi connectivity index (χ3n) is 3.84. The molecule has 2 saturated heterocycles. The summed E-state index contributed by atoms with van der Waals surface area (Å²) in [4.78, 5) is 0. The summed E-state index contributed by atoms with van der Waals surface area (Å²) in [6.45, 7) is 0. The summed E-state index contributed by atoms with van der Waals surface area (Å²) in [6, 6.07) is 0. The molecular weight excluding hydrogens is 187 g/mol. The van der Waals surface area contributed by atoms with Crippen molar-refractivity contribution in [2.24, 2.45) is 11.8 Å². The zero-order valence-corrected chi connectivity index (χ0v) is 8.22. The van der Waals surface area contributed by atoms with Crippen LogP contribution in [0.15, 0.2) is 0 Å². The van der Waals surface area contributed by atoms with Gasteiger partial charge in [0.1, 0.15) is 0 Å². The van der Waals surface area contributed by atoms with E-state index in [2.05, 4.69) is 0 Å². The molecule has 0 spiro atoms. The number of hydrogen-bond donors (Lipinski definition) is 3. The minimum atomic E-state index is -0.477. The monoisotopic (exact) mass is 201 g/mol. The van der Waals surface area contributed by atoms with Gasteiger partial charge in [0.15, 0.2) is 0 Å². The van der Waals surface area contributed by atoms with Crippen LogP contribution in [0.2, 0.25) is 0 Å². The minimum absolute atomic E-state index is 0.0170. The Kier molecular flexibility index (Phi) is 1.76. The fraction of sp³-hybridized carbons (Fsp3) is 0.889. The SMILES string of the molecule is OC1[C]2CC3C(O)C(CC1C3O)P2. The fourth-order valence-electron chi connectivity index (χ4n) is 3.11. The van der Waals surface area contributed by atoms with Crippen LogP contribution in [0.25, 0.3) is 0 Å². The molecule has 0 aromatic carbocycles. The van der Waals surface area contributed by atoms with E-state index < -0.39 is 6.10 Å². The predicted octanol–water partition coefficient (Wildman–Crippen LogP) is -0.298. The Hall–Kier alpha value is 0.310. The first kappa shape index (κ1) is 8.60. The van der Waals surface area contributed by atoms with Crippen LogP contribution < -0.4 is 0 Å². The molecule has 13 heavy (non-hydrogen) atoms. The van der Waals surface area contributed by atoms with E-state index >= 15 is 0 Å². The van der Waals surface area contributed by atoms with Crippen LogP contribution in [0.1, 0.15) is 12.8 Å². The molecule has 73 valence electrons. The molecule has 7 unspecified atom stereocenters. The lowest BCUT2D eigenvalue weighted by Gasteiger charge is -2.56. The third kappa shape index (κ3) is 0.992. The molecule has 3 nitrogen and oxygen atoms in total. The van der Waals surface area contributed by atoms with Gasteiger partial charge >= 0.3 is 0 Å². The lowest BCUT2D eigenvalue weighted by Crippen LogP contribution is -2.60. The van der Waals surface area contributed by atoms with Crippen molar-refractivity contribution in [3.05, 3.63) is 5.66 Å². The van der Waals surface area contributed by atoms with Crippen LogP contribution in [0, 0.1) is 17.5 Å². The first-order valence-electron chi connectivity index (χ1n) is 4.85. The lowest BCUT2D eigenvalue weighted by atomic mass is 9.66. The lowest BCUT2D eigenvalue weighted by molar-refractivity contribution is -0.114. The van der Waals surface area contributed by atoms with E-state index in [0.717, 1.165) is 12.8 Å². The standard InChI is InChI=1S/C9H14O3P/c10-7-3-1-5-9(12)4(7)2-6(13-5)8(3)11/h3-5,7-13H,1-2H2. The summed E-state index contributed by atoms with van der Waals surface area (Å²) in [5, 5.41) is 29.5. The third-order valence-corrected chi connectivity index (χ3v) is 5.66. The highest BCUT2D eigenvalue weighted by atomic mass is 31.1. The Morgan fingerprint density at radius 2 is 1.85 bits per heavy atom. The summed E-state index contributed by atoms with van der Waals surface area (Å²) < 4.78 is 0. The first-order valence-corrected chi connectivity index (χ1v) is 5.92. The van der Waals surface area contributed by atoms with Crippen molar-refractivity contribution in [1.29, 1.82) is 0 Å². The second-order valence-electron chi connectivity index (χ2n) is 4.47. The van der Waals surface area contributed by atoms with Gasteiger partial charge in [-0.1, -0.05) is 0 Å². The number of aliphatic hydroxyl groups is 3. The molecule has 0 aromatic rings. The summed E-state index contributed by atoms with van der Waals surface area (Å²) in [6.07, 6.45) is 0.376. The first-order chi connectivity index (χ1) is 6.18. The molecular formula is C9H14O3P. The Morgan fingerprint density at radius 1 is 1.08 bits per heavy atom. The molecule has 4 rings (SSSR count). The van der Waals surface area contributed by atoms with Gasteiger partial charge in [0.05, 0.1) is 18.3 Å². The van der Waals surface area contributed by atoms with Crippen molar-refractivity contribution in [1.82, 2.24) is 0 Å². The van der Waals surface area contributed by atoms with E-state index in [1.54, 1.807) is 0 Å². The summed E-state index contributed by atoms with van der Waals surface area (Å²) in [5.74, 6) is 0.0341. The van der Waals surface area contributed by atoms with Crippen LogP contribution in [-0.2, 0) is 0 Å². The quantitative estimate of drug-likeness (QED) is 0.472. The highest BCUT2D eigenvalue weighted by Gasteiger charge is 2.57. The molecule has 2 saturated carbocycles. The van der Waals surface area contributed by atoms with Crippen molar-refractivity contribution < 1.29 is 15.3 Å². The number of rotatable bonds is 0. The molecule has 7 atom stereocenters. The number of aliphatic hydroxyl groups excluding tert-OH is 3. The van der Waals surface area contributed by atoms with Gasteiger partial charge < -0.3 is 15.3 Å². The molecule has 1 radical (unpaired) electrons. The van der Waals surface area contributed by atoms with Gasteiger partial charge in [0.25, 0.3) is 0 Å². The summed E-state index contributed by atoms with van der Waals surface area (Å²) in [7, 11) is 0.626. The normalized spacial score (nSPS) is 62.1. The van der Waals surface area contributed by atoms with Crippen LogP contribution in [-0.4, -0.2) is 39.3 Å². The Morgan fingerprint density at radius 3 is 2.62 bits per heavy atom. The van der Waals surface area contributed by atoms with E-state index in [1.165, 1.54) is 5.66 Å². The molecule has 2 aliphatic carbocycles. The maximum absolute atomic E-state index is 9.84. The Bertz CT molecular complexity index is 213. The Balaban J connectivity index is 1.95. The number of hydrogen-bond acceptors (Lipinski definition) is 3. The highest BCUT2D eigenvalue weighted by molar-refractivity contribution is 7.43. The molecule has 4 bridgehead atoms. The van der Waals surface area contributed by atoms with E-state index in [9.17, 15) is 15.3 Å². The van der Waals surface area contributed by atoms with Crippen LogP contribution >= 0.6 is 8.58 Å². The van der Waals surface area contributed by atoms with Gasteiger partial charge in [-0.2, -0.15) is 0 Å². The topological polar surface area (TPSA) is 60.7 Å². The highest BCUT2D eigenvalue weighted by Crippen LogP contribution is 2.61. The van der Waals surface area contributed by atoms with E-state index in [0.29, 0.717) is 14.2 Å². The van der Waals surface area contributed by atoms with Crippen LogP contribution in [0.4, 0.5) is 0 Å². The summed E-state index contributed by atoms with van der Waals surface area (Å²) >= 11 is 0. The smallest absolute Gasteiger partial charge is 0.0696 e. The van der Waals surface area contributed by atoms with Gasteiger partial charge in [-0.25, -0.2) is 0 Å². The van der Waals surface area contributed by atoms with Crippen LogP contribution in [0.5, 0.6) is 0 Å². The maximum atomic E-state index is 9.84. The van der Waals surface area contributed by atoms with Crippen molar-refractivity contribution in [2.75, 3.05) is 0 Å². The van der Waals surface area contributed by atoms with Gasteiger partial charge in [-0.05, 0) is 12.8 Å². The van der Waals surface area contributed by atoms with E-state index in [1.807, 2.05) is 0 Å². The van der Waals surface area contributed by atoms with Gasteiger partial charge in [-0.15, -0.1) is 8.58 Å². The molecule has 4 aliphatic rings. The Labute approximate surface area is 78.9 Å². The molecule has 0 amide bonds. The van der Waals surface area contributed by atoms with Crippen molar-refractivity contribution in [3.8, 4) is 0 Å². The summed E-state index contributed by atoms with van der Waals surface area (Å²) in [5.41, 5.74) is 1.53. The zero-order chi connectivity index (χ0) is 9.16. The average molecular weight is 201 g/mol. The predicted molar refractivity (Wildman–Crippen MR) is 49.6 cm³/mol. The van der Waals surface area contributed by atoms with Crippen molar-refractivity contribution in [3.63, 3.8) is 0 Å². The molecule has 3 N–H and O–H groups in total. The molecule has 4 fully saturated rings. The van der Waals surface area contributed by atoms with E-state index in [-0.39, 0.29) is 24.0 Å².